The third kappa shape index (κ3) is 3.55. The third-order valence-corrected chi connectivity index (χ3v) is 2.94. The maximum atomic E-state index is 11.9. The molecule has 1 aromatic carbocycles. The number of urea groups is 1. The number of hydrogen-bond donors (Lipinski definition) is 2. The SMILES string of the molecule is Cc1ccccc1[C@H](C)NC(=O)Nc1ccncc1. The van der Waals surface area contributed by atoms with Crippen LogP contribution in [-0.2, 0) is 0 Å². The highest BCUT2D eigenvalue weighted by Gasteiger charge is 2.10. The number of carbonyl (C=O) groups is 1. The molecule has 1 atom stereocenters. The van der Waals surface area contributed by atoms with Gasteiger partial charge in [-0.15, -0.1) is 0 Å². The Kier molecular flexibility index (Phi) is 4.13. The van der Waals surface area contributed by atoms with Crippen molar-refractivity contribution in [2.75, 3.05) is 5.32 Å². The Morgan fingerprint density at radius 3 is 2.53 bits per heavy atom. The van der Waals surface area contributed by atoms with Crippen LogP contribution in [0.15, 0.2) is 48.8 Å². The van der Waals surface area contributed by atoms with Gasteiger partial charge in [0, 0.05) is 18.1 Å². The van der Waals surface area contributed by atoms with E-state index in [-0.39, 0.29) is 12.1 Å². The number of nitrogens with one attached hydrogen (secondary N) is 2. The van der Waals surface area contributed by atoms with E-state index < -0.39 is 0 Å². The standard InChI is InChI=1S/C15H17N3O/c1-11-5-3-4-6-14(11)12(2)17-15(19)18-13-7-9-16-10-8-13/h3-10,12H,1-2H3,(H2,16,17,18,19)/t12-/m0/s1. The van der Waals surface area contributed by atoms with Crippen LogP contribution in [-0.4, -0.2) is 11.0 Å². The lowest BCUT2D eigenvalue weighted by Gasteiger charge is -2.17. The predicted octanol–water partition coefficient (Wildman–Crippen LogP) is 3.27. The van der Waals surface area contributed by atoms with Crippen LogP contribution in [0.1, 0.15) is 24.1 Å². The van der Waals surface area contributed by atoms with Gasteiger partial charge in [-0.3, -0.25) is 4.98 Å². The lowest BCUT2D eigenvalue weighted by Crippen LogP contribution is -2.31. The smallest absolute Gasteiger partial charge is 0.319 e. The van der Waals surface area contributed by atoms with Crippen LogP contribution in [0.5, 0.6) is 0 Å². The molecule has 2 rings (SSSR count). The van der Waals surface area contributed by atoms with Gasteiger partial charge in [0.2, 0.25) is 0 Å². The summed E-state index contributed by atoms with van der Waals surface area (Å²) in [5.41, 5.74) is 3.01. The molecule has 2 amide bonds. The first-order valence-corrected chi connectivity index (χ1v) is 6.20. The first-order chi connectivity index (χ1) is 9.16. The van der Waals surface area contributed by atoms with Gasteiger partial charge in [0.15, 0.2) is 0 Å². The molecule has 0 fully saturated rings. The Balaban J connectivity index is 1.98. The molecule has 0 saturated heterocycles. The second-order valence-electron chi connectivity index (χ2n) is 4.41. The molecule has 0 aliphatic rings. The number of anilines is 1. The highest BCUT2D eigenvalue weighted by Crippen LogP contribution is 2.16. The lowest BCUT2D eigenvalue weighted by atomic mass is 10.0. The fourth-order valence-corrected chi connectivity index (χ4v) is 1.95. The summed E-state index contributed by atoms with van der Waals surface area (Å²) in [6, 6.07) is 11.3. The van der Waals surface area contributed by atoms with Gasteiger partial charge >= 0.3 is 6.03 Å². The number of aryl methyl sites for hydroxylation is 1. The minimum atomic E-state index is -0.220. The number of aromatic nitrogens is 1. The lowest BCUT2D eigenvalue weighted by molar-refractivity contribution is 0.249. The molecule has 1 aromatic heterocycles. The van der Waals surface area contributed by atoms with Crippen LogP contribution >= 0.6 is 0 Å². The fraction of sp³-hybridized carbons (Fsp3) is 0.200. The Morgan fingerprint density at radius 1 is 1.16 bits per heavy atom. The van der Waals surface area contributed by atoms with E-state index in [4.69, 9.17) is 0 Å². The van der Waals surface area contributed by atoms with Crippen LogP contribution in [0.3, 0.4) is 0 Å². The van der Waals surface area contributed by atoms with Crippen LogP contribution in [0, 0.1) is 6.92 Å². The highest BCUT2D eigenvalue weighted by atomic mass is 16.2. The summed E-state index contributed by atoms with van der Waals surface area (Å²) in [5, 5.41) is 5.69. The Labute approximate surface area is 112 Å². The van der Waals surface area contributed by atoms with Gasteiger partial charge in [0.1, 0.15) is 0 Å². The van der Waals surface area contributed by atoms with Gasteiger partial charge < -0.3 is 10.6 Å². The summed E-state index contributed by atoms with van der Waals surface area (Å²) < 4.78 is 0. The Morgan fingerprint density at radius 2 is 1.84 bits per heavy atom. The molecule has 98 valence electrons. The van der Waals surface area contributed by atoms with Crippen molar-refractivity contribution >= 4 is 11.7 Å². The summed E-state index contributed by atoms with van der Waals surface area (Å²) in [7, 11) is 0. The van der Waals surface area contributed by atoms with Crippen LogP contribution in [0.25, 0.3) is 0 Å². The molecule has 4 heteroatoms. The molecule has 2 N–H and O–H groups in total. The molecule has 0 aliphatic carbocycles. The van der Waals surface area contributed by atoms with Crippen molar-refractivity contribution in [1.29, 1.82) is 0 Å². The largest absolute Gasteiger partial charge is 0.331 e. The van der Waals surface area contributed by atoms with Crippen molar-refractivity contribution in [3.63, 3.8) is 0 Å². The second-order valence-corrected chi connectivity index (χ2v) is 4.41. The zero-order valence-corrected chi connectivity index (χ0v) is 11.1. The van der Waals surface area contributed by atoms with Gasteiger partial charge in [-0.25, -0.2) is 4.79 Å². The Hall–Kier alpha value is -2.36. The topological polar surface area (TPSA) is 54.0 Å². The van der Waals surface area contributed by atoms with Crippen molar-refractivity contribution in [2.45, 2.75) is 19.9 Å². The summed E-state index contributed by atoms with van der Waals surface area (Å²) in [4.78, 5) is 15.8. The quantitative estimate of drug-likeness (QED) is 0.884. The highest BCUT2D eigenvalue weighted by molar-refractivity contribution is 5.89. The molecule has 0 saturated carbocycles. The molecule has 0 spiro atoms. The van der Waals surface area contributed by atoms with Crippen LogP contribution in [0.4, 0.5) is 10.5 Å². The first-order valence-electron chi connectivity index (χ1n) is 6.20. The average Bonchev–Trinajstić information content (AvgIpc) is 2.40. The van der Waals surface area contributed by atoms with Gasteiger partial charge in [0.05, 0.1) is 6.04 Å². The minimum Gasteiger partial charge on any atom is -0.331 e. The molecule has 0 bridgehead atoms. The van der Waals surface area contributed by atoms with E-state index in [1.807, 2.05) is 38.1 Å². The maximum Gasteiger partial charge on any atom is 0.319 e. The minimum absolute atomic E-state index is 0.0389. The maximum absolute atomic E-state index is 11.9. The van der Waals surface area contributed by atoms with E-state index >= 15 is 0 Å². The molecule has 0 aliphatic heterocycles. The molecule has 0 unspecified atom stereocenters. The Bertz CT molecular complexity index is 554. The van der Waals surface area contributed by atoms with E-state index in [0.29, 0.717) is 0 Å². The van der Waals surface area contributed by atoms with Gasteiger partial charge in [-0.05, 0) is 37.1 Å². The molecule has 2 aromatic rings. The monoisotopic (exact) mass is 255 g/mol. The van der Waals surface area contributed by atoms with E-state index in [0.717, 1.165) is 11.3 Å². The summed E-state index contributed by atoms with van der Waals surface area (Å²) in [6.45, 7) is 4.00. The third-order valence-electron chi connectivity index (χ3n) is 2.94. The van der Waals surface area contributed by atoms with Gasteiger partial charge in [-0.2, -0.15) is 0 Å². The average molecular weight is 255 g/mol. The van der Waals surface area contributed by atoms with E-state index in [1.165, 1.54) is 5.56 Å². The zero-order valence-electron chi connectivity index (χ0n) is 11.1. The van der Waals surface area contributed by atoms with Crippen molar-refractivity contribution in [1.82, 2.24) is 10.3 Å². The number of pyridine rings is 1. The van der Waals surface area contributed by atoms with E-state index in [2.05, 4.69) is 15.6 Å². The van der Waals surface area contributed by atoms with E-state index in [9.17, 15) is 4.79 Å². The first kappa shape index (κ1) is 13.1. The summed E-state index contributed by atoms with van der Waals surface area (Å²) in [6.07, 6.45) is 3.28. The number of amides is 2. The van der Waals surface area contributed by atoms with Crippen molar-refractivity contribution in [3.8, 4) is 0 Å². The van der Waals surface area contributed by atoms with Gasteiger partial charge in [-0.1, -0.05) is 24.3 Å². The second kappa shape index (κ2) is 6.00. The number of rotatable bonds is 3. The van der Waals surface area contributed by atoms with E-state index in [1.54, 1.807) is 24.5 Å². The van der Waals surface area contributed by atoms with Crippen molar-refractivity contribution in [3.05, 3.63) is 59.9 Å². The molecule has 4 nitrogen and oxygen atoms in total. The zero-order chi connectivity index (χ0) is 13.7. The number of hydrogen-bond acceptors (Lipinski definition) is 2. The summed E-state index contributed by atoms with van der Waals surface area (Å²) in [5.74, 6) is 0. The van der Waals surface area contributed by atoms with Crippen molar-refractivity contribution < 1.29 is 4.79 Å². The number of carbonyl (C=O) groups excluding carboxylic acids is 1. The van der Waals surface area contributed by atoms with Crippen LogP contribution < -0.4 is 10.6 Å². The molecule has 0 radical (unpaired) electrons. The van der Waals surface area contributed by atoms with Gasteiger partial charge in [0.25, 0.3) is 0 Å². The van der Waals surface area contributed by atoms with Crippen molar-refractivity contribution in [2.24, 2.45) is 0 Å². The molecule has 1 heterocycles. The summed E-state index contributed by atoms with van der Waals surface area (Å²) >= 11 is 0. The normalized spacial score (nSPS) is 11.7. The molecule has 19 heavy (non-hydrogen) atoms. The number of nitrogens with zero attached hydrogens (tertiary/aromatic N) is 1. The van der Waals surface area contributed by atoms with Crippen LogP contribution in [0.2, 0.25) is 0 Å². The molecular formula is C15H17N3O. The predicted molar refractivity (Wildman–Crippen MR) is 76.0 cm³/mol. The number of benzene rings is 1. The fourth-order valence-electron chi connectivity index (χ4n) is 1.95. The molecular weight excluding hydrogens is 238 g/mol.